The molecule has 0 bridgehead atoms. The first-order valence-corrected chi connectivity index (χ1v) is 8.19. The van der Waals surface area contributed by atoms with Crippen molar-refractivity contribution in [3.8, 4) is 0 Å². The third-order valence-electron chi connectivity index (χ3n) is 3.86. The molecule has 5 heteroatoms. The van der Waals surface area contributed by atoms with E-state index in [9.17, 15) is 0 Å². The van der Waals surface area contributed by atoms with E-state index in [1.165, 1.54) is 10.8 Å². The number of likely N-dealkylation sites (N-methyl/N-ethyl adjacent to an activating group) is 1. The Bertz CT molecular complexity index is 619. The minimum atomic E-state index is 0.329. The van der Waals surface area contributed by atoms with E-state index in [0.717, 1.165) is 43.1 Å². The fourth-order valence-electron chi connectivity index (χ4n) is 2.80. The topological polar surface area (TPSA) is 37.4 Å². The van der Waals surface area contributed by atoms with E-state index in [1.54, 1.807) is 0 Å². The number of halogens is 1. The molecule has 1 fully saturated rings. The van der Waals surface area contributed by atoms with Crippen LogP contribution in [0.1, 0.15) is 6.92 Å². The molecule has 1 atom stereocenters. The standard InChI is InChI=1S/C16H20BrN3O/c1-2-18-10-12-11-21-9-8-20(12)16-14-4-3-5-15(17)13(14)6-7-19-16/h3-7,12,18H,2,8-11H2,1H3. The van der Waals surface area contributed by atoms with Crippen LogP contribution in [-0.4, -0.2) is 43.9 Å². The molecule has 1 saturated heterocycles. The quantitative estimate of drug-likeness (QED) is 0.920. The Hall–Kier alpha value is -1.17. The van der Waals surface area contributed by atoms with Gasteiger partial charge in [0, 0.05) is 34.5 Å². The monoisotopic (exact) mass is 349 g/mol. The van der Waals surface area contributed by atoms with Crippen LogP contribution in [0, 0.1) is 0 Å². The van der Waals surface area contributed by atoms with Crippen LogP contribution >= 0.6 is 15.9 Å². The van der Waals surface area contributed by atoms with Gasteiger partial charge in [0.25, 0.3) is 0 Å². The highest BCUT2D eigenvalue weighted by Gasteiger charge is 2.25. The molecule has 1 aliphatic heterocycles. The lowest BCUT2D eigenvalue weighted by Crippen LogP contribution is -2.51. The van der Waals surface area contributed by atoms with Crippen LogP contribution in [0.2, 0.25) is 0 Å². The number of rotatable bonds is 4. The van der Waals surface area contributed by atoms with Gasteiger partial charge in [0.1, 0.15) is 5.82 Å². The maximum absolute atomic E-state index is 5.65. The fourth-order valence-corrected chi connectivity index (χ4v) is 3.29. The molecule has 0 radical (unpaired) electrons. The minimum absolute atomic E-state index is 0.329. The number of ether oxygens (including phenoxy) is 1. The van der Waals surface area contributed by atoms with E-state index in [4.69, 9.17) is 4.74 Å². The number of fused-ring (bicyclic) bond motifs is 1. The van der Waals surface area contributed by atoms with Gasteiger partial charge in [0.05, 0.1) is 19.3 Å². The summed E-state index contributed by atoms with van der Waals surface area (Å²) >= 11 is 3.63. The van der Waals surface area contributed by atoms with Gasteiger partial charge in [0.2, 0.25) is 0 Å². The molecule has 1 aromatic heterocycles. The van der Waals surface area contributed by atoms with Crippen LogP contribution in [0.15, 0.2) is 34.9 Å². The molecule has 1 unspecified atom stereocenters. The smallest absolute Gasteiger partial charge is 0.136 e. The average molecular weight is 350 g/mol. The van der Waals surface area contributed by atoms with Gasteiger partial charge in [-0.15, -0.1) is 0 Å². The molecule has 0 aliphatic carbocycles. The maximum Gasteiger partial charge on any atom is 0.136 e. The van der Waals surface area contributed by atoms with Crippen molar-refractivity contribution >= 4 is 32.5 Å². The van der Waals surface area contributed by atoms with Crippen molar-refractivity contribution in [2.45, 2.75) is 13.0 Å². The molecule has 2 heterocycles. The summed E-state index contributed by atoms with van der Waals surface area (Å²) in [6, 6.07) is 8.67. The van der Waals surface area contributed by atoms with Crippen molar-refractivity contribution < 1.29 is 4.74 Å². The normalized spacial score (nSPS) is 19.1. The van der Waals surface area contributed by atoms with Crippen molar-refractivity contribution in [1.29, 1.82) is 0 Å². The molecule has 3 rings (SSSR count). The summed E-state index contributed by atoms with van der Waals surface area (Å²) in [4.78, 5) is 7.03. The number of benzene rings is 1. The molecular weight excluding hydrogens is 330 g/mol. The van der Waals surface area contributed by atoms with Crippen LogP contribution in [0.25, 0.3) is 10.8 Å². The largest absolute Gasteiger partial charge is 0.377 e. The van der Waals surface area contributed by atoms with Gasteiger partial charge in [-0.1, -0.05) is 35.0 Å². The maximum atomic E-state index is 5.65. The third kappa shape index (κ3) is 3.05. The van der Waals surface area contributed by atoms with Crippen LogP contribution in [0.4, 0.5) is 5.82 Å². The van der Waals surface area contributed by atoms with Crippen LogP contribution in [-0.2, 0) is 4.74 Å². The summed E-state index contributed by atoms with van der Waals surface area (Å²) in [5, 5.41) is 5.81. The Kier molecular flexibility index (Phi) is 4.73. The Morgan fingerprint density at radius 2 is 2.29 bits per heavy atom. The second-order valence-electron chi connectivity index (χ2n) is 5.20. The Labute approximate surface area is 133 Å². The summed E-state index contributed by atoms with van der Waals surface area (Å²) in [5.74, 6) is 1.06. The molecule has 0 spiro atoms. The highest BCUT2D eigenvalue weighted by molar-refractivity contribution is 9.10. The average Bonchev–Trinajstić information content (AvgIpc) is 2.53. The second-order valence-corrected chi connectivity index (χ2v) is 6.05. The highest BCUT2D eigenvalue weighted by atomic mass is 79.9. The minimum Gasteiger partial charge on any atom is -0.377 e. The third-order valence-corrected chi connectivity index (χ3v) is 4.55. The summed E-state index contributed by atoms with van der Waals surface area (Å²) in [5.41, 5.74) is 0. The Morgan fingerprint density at radius 3 is 3.14 bits per heavy atom. The SMILES string of the molecule is CCNCC1COCCN1c1nccc2c(Br)cccc12. The van der Waals surface area contributed by atoms with Crippen LogP contribution < -0.4 is 10.2 Å². The van der Waals surface area contributed by atoms with Gasteiger partial charge in [0.15, 0.2) is 0 Å². The summed E-state index contributed by atoms with van der Waals surface area (Å²) in [6.45, 7) is 6.41. The number of aromatic nitrogens is 1. The molecule has 1 aromatic carbocycles. The molecule has 112 valence electrons. The Morgan fingerprint density at radius 1 is 1.38 bits per heavy atom. The van der Waals surface area contributed by atoms with E-state index in [2.05, 4.69) is 62.3 Å². The van der Waals surface area contributed by atoms with Crippen molar-refractivity contribution in [1.82, 2.24) is 10.3 Å². The first-order chi connectivity index (χ1) is 10.3. The van der Waals surface area contributed by atoms with E-state index in [0.29, 0.717) is 6.04 Å². The predicted molar refractivity (Wildman–Crippen MR) is 89.9 cm³/mol. The van der Waals surface area contributed by atoms with Crippen LogP contribution in [0.3, 0.4) is 0 Å². The number of hydrogen-bond acceptors (Lipinski definition) is 4. The molecule has 4 nitrogen and oxygen atoms in total. The summed E-state index contributed by atoms with van der Waals surface area (Å²) in [7, 11) is 0. The number of morpholine rings is 1. The van der Waals surface area contributed by atoms with E-state index in [1.807, 2.05) is 6.20 Å². The number of anilines is 1. The zero-order chi connectivity index (χ0) is 14.7. The van der Waals surface area contributed by atoms with Gasteiger partial charge in [-0.25, -0.2) is 4.98 Å². The van der Waals surface area contributed by atoms with Gasteiger partial charge in [-0.2, -0.15) is 0 Å². The summed E-state index contributed by atoms with van der Waals surface area (Å²) < 4.78 is 6.76. The number of nitrogens with one attached hydrogen (secondary N) is 1. The summed E-state index contributed by atoms with van der Waals surface area (Å²) in [6.07, 6.45) is 1.89. The zero-order valence-electron chi connectivity index (χ0n) is 12.2. The first kappa shape index (κ1) is 14.8. The van der Waals surface area contributed by atoms with Crippen molar-refractivity contribution in [2.75, 3.05) is 37.7 Å². The van der Waals surface area contributed by atoms with Gasteiger partial charge in [-0.05, 0) is 18.7 Å². The van der Waals surface area contributed by atoms with Crippen molar-refractivity contribution in [3.63, 3.8) is 0 Å². The van der Waals surface area contributed by atoms with Crippen molar-refractivity contribution in [3.05, 3.63) is 34.9 Å². The van der Waals surface area contributed by atoms with Gasteiger partial charge >= 0.3 is 0 Å². The number of nitrogens with zero attached hydrogens (tertiary/aromatic N) is 2. The molecule has 1 aliphatic rings. The molecule has 21 heavy (non-hydrogen) atoms. The second kappa shape index (κ2) is 6.73. The zero-order valence-corrected chi connectivity index (χ0v) is 13.8. The molecule has 0 amide bonds. The van der Waals surface area contributed by atoms with Gasteiger partial charge < -0.3 is 15.0 Å². The lowest BCUT2D eigenvalue weighted by molar-refractivity contribution is 0.0937. The molecule has 1 N–H and O–H groups in total. The lowest BCUT2D eigenvalue weighted by Gasteiger charge is -2.37. The van der Waals surface area contributed by atoms with Crippen molar-refractivity contribution in [2.24, 2.45) is 0 Å². The van der Waals surface area contributed by atoms with E-state index in [-0.39, 0.29) is 0 Å². The molecular formula is C16H20BrN3O. The highest BCUT2D eigenvalue weighted by Crippen LogP contribution is 2.31. The van der Waals surface area contributed by atoms with Crippen LogP contribution in [0.5, 0.6) is 0 Å². The van der Waals surface area contributed by atoms with E-state index >= 15 is 0 Å². The fraction of sp³-hybridized carbons (Fsp3) is 0.438. The molecule has 2 aromatic rings. The molecule has 0 saturated carbocycles. The Balaban J connectivity index is 1.99. The van der Waals surface area contributed by atoms with Gasteiger partial charge in [-0.3, -0.25) is 0 Å². The van der Waals surface area contributed by atoms with E-state index < -0.39 is 0 Å². The number of pyridine rings is 1. The number of hydrogen-bond donors (Lipinski definition) is 1. The lowest BCUT2D eigenvalue weighted by atomic mass is 10.1. The predicted octanol–water partition coefficient (Wildman–Crippen LogP) is 2.81. The first-order valence-electron chi connectivity index (χ1n) is 7.39.